The molecule has 2 rings (SSSR count). The first-order chi connectivity index (χ1) is 8.58. The van der Waals surface area contributed by atoms with Crippen LogP contribution in [0, 0.1) is 3.57 Å². The van der Waals surface area contributed by atoms with Crippen LogP contribution >= 0.6 is 22.6 Å². The van der Waals surface area contributed by atoms with E-state index in [2.05, 4.69) is 27.9 Å². The number of carbonyl (C=O) groups is 1. The number of hydrogen-bond acceptors (Lipinski definition) is 3. The molecular formula is C13H11IN2O2. The fraction of sp³-hybridized carbons (Fsp3) is 0. The predicted molar refractivity (Wildman–Crippen MR) is 79.6 cm³/mol. The highest BCUT2D eigenvalue weighted by molar-refractivity contribution is 14.1. The summed E-state index contributed by atoms with van der Waals surface area (Å²) >= 11 is 2.14. The average Bonchev–Trinajstić information content (AvgIpc) is 2.35. The van der Waals surface area contributed by atoms with Gasteiger partial charge in [-0.3, -0.25) is 4.79 Å². The number of para-hydroxylation sites is 1. The van der Waals surface area contributed by atoms with Gasteiger partial charge in [-0.15, -0.1) is 0 Å². The number of hydrogen-bond donors (Lipinski definition) is 3. The van der Waals surface area contributed by atoms with E-state index in [1.165, 1.54) is 12.1 Å². The second kappa shape index (κ2) is 5.26. The third-order valence-corrected chi connectivity index (χ3v) is 3.36. The van der Waals surface area contributed by atoms with Gasteiger partial charge in [0.15, 0.2) is 0 Å². The van der Waals surface area contributed by atoms with Gasteiger partial charge in [0.2, 0.25) is 0 Å². The molecule has 2 aromatic rings. The monoisotopic (exact) mass is 354 g/mol. The lowest BCUT2D eigenvalue weighted by Gasteiger charge is -2.08. The van der Waals surface area contributed by atoms with Crippen LogP contribution in [0.1, 0.15) is 10.4 Å². The molecule has 92 valence electrons. The van der Waals surface area contributed by atoms with Gasteiger partial charge in [-0.25, -0.2) is 0 Å². The molecular weight excluding hydrogens is 343 g/mol. The lowest BCUT2D eigenvalue weighted by molar-refractivity contribution is 0.102. The first-order valence-electron chi connectivity index (χ1n) is 5.22. The van der Waals surface area contributed by atoms with Crippen LogP contribution in [0.2, 0.25) is 0 Å². The van der Waals surface area contributed by atoms with Crippen molar-refractivity contribution in [3.8, 4) is 5.75 Å². The molecule has 5 heteroatoms. The highest BCUT2D eigenvalue weighted by Gasteiger charge is 2.09. The normalized spacial score (nSPS) is 10.1. The van der Waals surface area contributed by atoms with Gasteiger partial charge >= 0.3 is 0 Å². The number of rotatable bonds is 2. The number of nitrogen functional groups attached to an aromatic ring is 1. The third kappa shape index (κ3) is 2.73. The summed E-state index contributed by atoms with van der Waals surface area (Å²) in [5.74, 6) is -0.375. The molecule has 0 aliphatic heterocycles. The Labute approximate surface area is 118 Å². The Bertz CT molecular complexity index is 599. The SMILES string of the molecule is Nc1ccc(C(=O)Nc2ccccc2I)cc1O. The minimum absolute atomic E-state index is 0.0922. The predicted octanol–water partition coefficient (Wildman–Crippen LogP) is 2.83. The van der Waals surface area contributed by atoms with Gasteiger partial charge in [-0.05, 0) is 52.9 Å². The summed E-state index contributed by atoms with van der Waals surface area (Å²) in [5, 5.41) is 12.2. The maximum atomic E-state index is 12.0. The van der Waals surface area contributed by atoms with Crippen molar-refractivity contribution in [1.29, 1.82) is 0 Å². The number of amides is 1. The molecule has 0 saturated carbocycles. The number of nitrogens with two attached hydrogens (primary N) is 1. The first kappa shape index (κ1) is 12.7. The minimum atomic E-state index is -0.283. The number of aromatic hydroxyl groups is 1. The van der Waals surface area contributed by atoms with Crippen molar-refractivity contribution < 1.29 is 9.90 Å². The third-order valence-electron chi connectivity index (χ3n) is 2.41. The van der Waals surface area contributed by atoms with E-state index >= 15 is 0 Å². The molecule has 0 fully saturated rings. The largest absolute Gasteiger partial charge is 0.506 e. The van der Waals surface area contributed by atoms with Gasteiger partial charge in [0, 0.05) is 9.13 Å². The maximum absolute atomic E-state index is 12.0. The Hall–Kier alpha value is -1.76. The van der Waals surface area contributed by atoms with Crippen molar-refractivity contribution in [2.24, 2.45) is 0 Å². The second-order valence-electron chi connectivity index (χ2n) is 3.71. The zero-order valence-corrected chi connectivity index (χ0v) is 11.5. The van der Waals surface area contributed by atoms with Gasteiger partial charge in [0.1, 0.15) is 5.75 Å². The Morgan fingerprint density at radius 3 is 2.61 bits per heavy atom. The number of anilines is 2. The van der Waals surface area contributed by atoms with E-state index in [9.17, 15) is 9.90 Å². The van der Waals surface area contributed by atoms with Crippen molar-refractivity contribution in [3.63, 3.8) is 0 Å². The van der Waals surface area contributed by atoms with Crippen LogP contribution in [0.4, 0.5) is 11.4 Å². The lowest BCUT2D eigenvalue weighted by atomic mass is 10.1. The molecule has 0 bridgehead atoms. The number of phenols is 1. The highest BCUT2D eigenvalue weighted by Crippen LogP contribution is 2.22. The molecule has 0 aliphatic rings. The van der Waals surface area contributed by atoms with Crippen LogP contribution in [-0.2, 0) is 0 Å². The summed E-state index contributed by atoms with van der Waals surface area (Å²) in [4.78, 5) is 12.0. The van der Waals surface area contributed by atoms with Crippen LogP contribution in [0.25, 0.3) is 0 Å². The van der Waals surface area contributed by atoms with Crippen LogP contribution < -0.4 is 11.1 Å². The zero-order valence-electron chi connectivity index (χ0n) is 9.35. The summed E-state index contributed by atoms with van der Waals surface area (Å²) < 4.78 is 0.947. The van der Waals surface area contributed by atoms with E-state index in [1.807, 2.05) is 24.3 Å². The topological polar surface area (TPSA) is 75.4 Å². The number of carbonyl (C=O) groups excluding carboxylic acids is 1. The Balaban J connectivity index is 2.22. The molecule has 1 amide bonds. The standard InChI is InChI=1S/C13H11IN2O2/c14-9-3-1-2-4-11(9)16-13(18)8-5-6-10(15)12(17)7-8/h1-7,17H,15H2,(H,16,18). The number of phenolic OH excluding ortho intramolecular Hbond substituents is 1. The average molecular weight is 354 g/mol. The van der Waals surface area contributed by atoms with Gasteiger partial charge < -0.3 is 16.2 Å². The van der Waals surface area contributed by atoms with E-state index < -0.39 is 0 Å². The molecule has 0 heterocycles. The molecule has 0 aliphatic carbocycles. The fourth-order valence-electron chi connectivity index (χ4n) is 1.44. The van der Waals surface area contributed by atoms with Crippen molar-refractivity contribution >= 4 is 39.9 Å². The van der Waals surface area contributed by atoms with Gasteiger partial charge in [0.25, 0.3) is 5.91 Å². The first-order valence-corrected chi connectivity index (χ1v) is 6.30. The van der Waals surface area contributed by atoms with E-state index in [1.54, 1.807) is 6.07 Å². The zero-order chi connectivity index (χ0) is 13.1. The van der Waals surface area contributed by atoms with E-state index in [4.69, 9.17) is 5.73 Å². The van der Waals surface area contributed by atoms with Gasteiger partial charge in [-0.2, -0.15) is 0 Å². The van der Waals surface area contributed by atoms with Crippen LogP contribution in [-0.4, -0.2) is 11.0 Å². The minimum Gasteiger partial charge on any atom is -0.506 e. The molecule has 0 aromatic heterocycles. The number of halogens is 1. The fourth-order valence-corrected chi connectivity index (χ4v) is 1.96. The van der Waals surface area contributed by atoms with E-state index in [0.29, 0.717) is 5.56 Å². The molecule has 4 nitrogen and oxygen atoms in total. The molecule has 2 aromatic carbocycles. The van der Waals surface area contributed by atoms with Gasteiger partial charge in [0.05, 0.1) is 11.4 Å². The van der Waals surface area contributed by atoms with Crippen LogP contribution in [0.15, 0.2) is 42.5 Å². The summed E-state index contributed by atoms with van der Waals surface area (Å²) in [5.41, 5.74) is 6.83. The molecule has 0 unspecified atom stereocenters. The summed E-state index contributed by atoms with van der Waals surface area (Å²) in [6.07, 6.45) is 0. The Kier molecular flexibility index (Phi) is 3.71. The molecule has 0 atom stereocenters. The molecule has 18 heavy (non-hydrogen) atoms. The quantitative estimate of drug-likeness (QED) is 0.441. The van der Waals surface area contributed by atoms with E-state index in [-0.39, 0.29) is 17.3 Å². The van der Waals surface area contributed by atoms with E-state index in [0.717, 1.165) is 9.26 Å². The summed E-state index contributed by atoms with van der Waals surface area (Å²) in [6, 6.07) is 11.9. The Morgan fingerprint density at radius 2 is 1.94 bits per heavy atom. The number of benzene rings is 2. The van der Waals surface area contributed by atoms with Crippen LogP contribution in [0.5, 0.6) is 5.75 Å². The van der Waals surface area contributed by atoms with Gasteiger partial charge in [-0.1, -0.05) is 12.1 Å². The van der Waals surface area contributed by atoms with Crippen LogP contribution in [0.3, 0.4) is 0 Å². The summed E-state index contributed by atoms with van der Waals surface area (Å²) in [6.45, 7) is 0. The molecule has 0 saturated heterocycles. The van der Waals surface area contributed by atoms with Crippen molar-refractivity contribution in [3.05, 3.63) is 51.6 Å². The highest BCUT2D eigenvalue weighted by atomic mass is 127. The lowest BCUT2D eigenvalue weighted by Crippen LogP contribution is -2.12. The van der Waals surface area contributed by atoms with Crippen molar-refractivity contribution in [2.75, 3.05) is 11.1 Å². The van der Waals surface area contributed by atoms with Crippen molar-refractivity contribution in [1.82, 2.24) is 0 Å². The Morgan fingerprint density at radius 1 is 1.22 bits per heavy atom. The molecule has 0 spiro atoms. The second-order valence-corrected chi connectivity index (χ2v) is 4.87. The maximum Gasteiger partial charge on any atom is 0.255 e. The smallest absolute Gasteiger partial charge is 0.255 e. The number of nitrogens with one attached hydrogen (secondary N) is 1. The van der Waals surface area contributed by atoms with Crippen molar-refractivity contribution in [2.45, 2.75) is 0 Å². The molecule has 4 N–H and O–H groups in total. The summed E-state index contributed by atoms with van der Waals surface area (Å²) in [7, 11) is 0. The molecule has 0 radical (unpaired) electrons.